The highest BCUT2D eigenvalue weighted by molar-refractivity contribution is 7.89. The number of nitrogens with zero attached hydrogens (tertiary/aromatic N) is 3. The lowest BCUT2D eigenvalue weighted by Gasteiger charge is -2.35. The number of benzene rings is 1. The molecule has 1 unspecified atom stereocenters. The van der Waals surface area contributed by atoms with Crippen molar-refractivity contribution in [2.75, 3.05) is 31.1 Å². The maximum atomic E-state index is 13.3. The van der Waals surface area contributed by atoms with Gasteiger partial charge in [0.1, 0.15) is 5.82 Å². The number of piperazine rings is 1. The van der Waals surface area contributed by atoms with E-state index in [0.717, 1.165) is 6.07 Å². The van der Waals surface area contributed by atoms with Crippen molar-refractivity contribution in [3.8, 4) is 11.8 Å². The number of hydrogen-bond donors (Lipinski definition) is 1. The molecule has 1 atom stereocenters. The molecular formula is C24H27F3N4O3S. The van der Waals surface area contributed by atoms with Crippen LogP contribution in [0.1, 0.15) is 47.7 Å². The van der Waals surface area contributed by atoms with Gasteiger partial charge in [0.05, 0.1) is 16.4 Å². The highest BCUT2D eigenvalue weighted by Gasteiger charge is 2.36. The highest BCUT2D eigenvalue weighted by Crippen LogP contribution is 2.32. The summed E-state index contributed by atoms with van der Waals surface area (Å²) in [5.74, 6) is 5.77. The van der Waals surface area contributed by atoms with Crippen LogP contribution in [0.5, 0.6) is 0 Å². The first-order chi connectivity index (χ1) is 16.5. The second kappa shape index (κ2) is 11.1. The number of carbonyl (C=O) groups is 1. The number of pyridine rings is 1. The van der Waals surface area contributed by atoms with Gasteiger partial charge in [0, 0.05) is 44.4 Å². The van der Waals surface area contributed by atoms with Crippen molar-refractivity contribution < 1.29 is 26.4 Å². The molecule has 11 heteroatoms. The molecule has 1 aromatic carbocycles. The third kappa shape index (κ3) is 6.96. The van der Waals surface area contributed by atoms with Gasteiger partial charge in [0.2, 0.25) is 10.0 Å². The first-order valence-corrected chi connectivity index (χ1v) is 12.8. The topological polar surface area (TPSA) is 96.6 Å². The van der Waals surface area contributed by atoms with Crippen molar-refractivity contribution in [2.45, 2.75) is 37.6 Å². The highest BCUT2D eigenvalue weighted by atomic mass is 32.2. The van der Waals surface area contributed by atoms with Gasteiger partial charge in [0.15, 0.2) is 0 Å². The summed E-state index contributed by atoms with van der Waals surface area (Å²) < 4.78 is 63.0. The molecule has 0 bridgehead atoms. The summed E-state index contributed by atoms with van der Waals surface area (Å²) in [6.45, 7) is 3.25. The lowest BCUT2D eigenvalue weighted by Crippen LogP contribution is -2.49. The number of hydrogen-bond acceptors (Lipinski definition) is 5. The lowest BCUT2D eigenvalue weighted by atomic mass is 10.1. The van der Waals surface area contributed by atoms with Gasteiger partial charge < -0.3 is 9.80 Å². The molecule has 0 aliphatic carbocycles. The monoisotopic (exact) mass is 508 g/mol. The molecule has 2 N–H and O–H groups in total. The molecule has 1 aromatic heterocycles. The maximum Gasteiger partial charge on any atom is 0.417 e. The number of anilines is 1. The number of primary sulfonamides is 1. The van der Waals surface area contributed by atoms with Crippen LogP contribution in [0.3, 0.4) is 0 Å². The Morgan fingerprint density at radius 1 is 1.14 bits per heavy atom. The van der Waals surface area contributed by atoms with Crippen molar-refractivity contribution in [1.82, 2.24) is 9.88 Å². The van der Waals surface area contributed by atoms with Gasteiger partial charge >= 0.3 is 6.18 Å². The molecule has 0 radical (unpaired) electrons. The lowest BCUT2D eigenvalue weighted by molar-refractivity contribution is -0.138. The van der Waals surface area contributed by atoms with Gasteiger partial charge in [-0.05, 0) is 30.7 Å². The molecule has 2 heterocycles. The minimum absolute atomic E-state index is 0.141. The zero-order valence-corrected chi connectivity index (χ0v) is 20.1. The molecule has 7 nitrogen and oxygen atoms in total. The van der Waals surface area contributed by atoms with Gasteiger partial charge in [-0.15, -0.1) is 0 Å². The van der Waals surface area contributed by atoms with Gasteiger partial charge in [-0.3, -0.25) is 4.79 Å². The van der Waals surface area contributed by atoms with Gasteiger partial charge in [-0.1, -0.05) is 37.3 Å². The SMILES string of the molecule is CCCC(CC#Cc1ccc(N2CCN(C(=O)c3ccccc3C(F)(F)F)CC2)nc1)S(N)(=O)=O. The Kier molecular flexibility index (Phi) is 8.40. The van der Waals surface area contributed by atoms with E-state index in [1.165, 1.54) is 23.1 Å². The summed E-state index contributed by atoms with van der Waals surface area (Å²) in [5.41, 5.74) is -0.662. The third-order valence-corrected chi connectivity index (χ3v) is 7.07. The van der Waals surface area contributed by atoms with Crippen molar-refractivity contribution in [2.24, 2.45) is 5.14 Å². The Morgan fingerprint density at radius 3 is 2.40 bits per heavy atom. The molecule has 0 saturated carbocycles. The Bertz CT molecular complexity index is 1200. The molecule has 2 aromatic rings. The zero-order valence-electron chi connectivity index (χ0n) is 19.3. The van der Waals surface area contributed by atoms with Crippen LogP contribution in [0.4, 0.5) is 19.0 Å². The van der Waals surface area contributed by atoms with Gasteiger partial charge in [0.25, 0.3) is 5.91 Å². The van der Waals surface area contributed by atoms with Crippen molar-refractivity contribution in [1.29, 1.82) is 0 Å². The van der Waals surface area contributed by atoms with Gasteiger partial charge in [-0.25, -0.2) is 18.5 Å². The number of rotatable bonds is 6. The fraction of sp³-hybridized carbons (Fsp3) is 0.417. The Balaban J connectivity index is 1.60. The predicted molar refractivity (Wildman–Crippen MR) is 127 cm³/mol. The number of sulfonamides is 1. The molecule has 1 fully saturated rings. The minimum atomic E-state index is -4.60. The van der Waals surface area contributed by atoms with E-state index in [2.05, 4.69) is 16.8 Å². The minimum Gasteiger partial charge on any atom is -0.353 e. The van der Waals surface area contributed by atoms with Crippen LogP contribution in [0.15, 0.2) is 42.6 Å². The van der Waals surface area contributed by atoms with E-state index < -0.39 is 32.9 Å². The number of nitrogens with two attached hydrogens (primary N) is 1. The largest absolute Gasteiger partial charge is 0.417 e. The molecule has 0 spiro atoms. The summed E-state index contributed by atoms with van der Waals surface area (Å²) in [6.07, 6.45) is -1.75. The number of aromatic nitrogens is 1. The number of carbonyl (C=O) groups excluding carboxylic acids is 1. The second-order valence-corrected chi connectivity index (χ2v) is 10.1. The normalized spacial score (nSPS) is 15.3. The summed E-state index contributed by atoms with van der Waals surface area (Å²) in [5, 5.41) is 4.55. The van der Waals surface area contributed by atoms with Gasteiger partial charge in [-0.2, -0.15) is 13.2 Å². The standard InChI is InChI=1S/C24H27F3N4O3S/c1-2-6-19(35(28,33)34)8-5-7-18-11-12-22(29-17-18)30-13-15-31(16-14-30)23(32)20-9-3-4-10-21(20)24(25,26)27/h3-4,9-12,17,19H,2,6,8,13-16H2,1H3,(H2,28,33,34). The average Bonchev–Trinajstić information content (AvgIpc) is 2.82. The van der Waals surface area contributed by atoms with Crippen LogP contribution < -0.4 is 10.0 Å². The summed E-state index contributed by atoms with van der Waals surface area (Å²) in [7, 11) is -3.65. The molecule has 1 saturated heterocycles. The van der Waals surface area contributed by atoms with E-state index in [1.807, 2.05) is 11.8 Å². The summed E-state index contributed by atoms with van der Waals surface area (Å²) in [4.78, 5) is 20.5. The average molecular weight is 509 g/mol. The molecule has 1 aliphatic rings. The molecule has 35 heavy (non-hydrogen) atoms. The van der Waals surface area contributed by atoms with E-state index in [0.29, 0.717) is 37.3 Å². The number of halogens is 3. The van der Waals surface area contributed by atoms with Crippen LogP contribution in [0.25, 0.3) is 0 Å². The smallest absolute Gasteiger partial charge is 0.353 e. The zero-order chi connectivity index (χ0) is 25.6. The Labute approximate surface area is 203 Å². The quantitative estimate of drug-likeness (QED) is 0.605. The third-order valence-electron chi connectivity index (χ3n) is 5.74. The fourth-order valence-electron chi connectivity index (χ4n) is 3.84. The van der Waals surface area contributed by atoms with Crippen LogP contribution in [0.2, 0.25) is 0 Å². The Hall–Kier alpha value is -3.10. The van der Waals surface area contributed by atoms with Crippen molar-refractivity contribution >= 4 is 21.7 Å². The second-order valence-electron chi connectivity index (χ2n) is 8.23. The predicted octanol–water partition coefficient (Wildman–Crippen LogP) is 3.26. The molecule has 3 rings (SSSR count). The molecule has 1 aliphatic heterocycles. The van der Waals surface area contributed by atoms with Crippen molar-refractivity contribution in [3.63, 3.8) is 0 Å². The van der Waals surface area contributed by atoms with Crippen LogP contribution >= 0.6 is 0 Å². The maximum absolute atomic E-state index is 13.3. The number of alkyl halides is 3. The molecular weight excluding hydrogens is 481 g/mol. The van der Waals surface area contributed by atoms with E-state index in [4.69, 9.17) is 5.14 Å². The summed E-state index contributed by atoms with van der Waals surface area (Å²) >= 11 is 0. The Morgan fingerprint density at radius 2 is 1.83 bits per heavy atom. The number of amides is 1. The molecule has 188 valence electrons. The van der Waals surface area contributed by atoms with E-state index in [9.17, 15) is 26.4 Å². The van der Waals surface area contributed by atoms with Crippen molar-refractivity contribution in [3.05, 3.63) is 59.3 Å². The van der Waals surface area contributed by atoms with Crippen LogP contribution in [-0.4, -0.2) is 55.6 Å². The molecule has 1 amide bonds. The van der Waals surface area contributed by atoms with E-state index >= 15 is 0 Å². The fourth-order valence-corrected chi connectivity index (χ4v) is 4.72. The summed E-state index contributed by atoms with van der Waals surface area (Å²) in [6, 6.07) is 8.33. The first-order valence-electron chi connectivity index (χ1n) is 11.2. The van der Waals surface area contributed by atoms with Crippen LogP contribution in [0, 0.1) is 11.8 Å². The van der Waals surface area contributed by atoms with E-state index in [-0.39, 0.29) is 25.1 Å². The van der Waals surface area contributed by atoms with E-state index in [1.54, 1.807) is 18.3 Å². The van der Waals surface area contributed by atoms with Crippen LogP contribution in [-0.2, 0) is 16.2 Å². The first kappa shape index (κ1) is 26.5.